The number of amides is 1. The topological polar surface area (TPSA) is 96.9 Å². The number of anilines is 2. The molecule has 8 nitrogen and oxygen atoms in total. The molecular weight excluding hydrogens is 356 g/mol. The molecule has 1 aromatic carbocycles. The predicted molar refractivity (Wildman–Crippen MR) is 108 cm³/mol. The number of alkyl carbamates (subject to hydrolysis) is 1. The van der Waals surface area contributed by atoms with E-state index in [0.717, 1.165) is 47.4 Å². The molecule has 28 heavy (non-hydrogen) atoms. The van der Waals surface area contributed by atoms with Crippen molar-refractivity contribution in [2.45, 2.75) is 51.2 Å². The number of rotatable bonds is 5. The smallest absolute Gasteiger partial charge is 0.407 e. The molecule has 4 rings (SSSR count). The summed E-state index contributed by atoms with van der Waals surface area (Å²) in [6, 6.07) is 8.18. The van der Waals surface area contributed by atoms with Gasteiger partial charge >= 0.3 is 6.09 Å². The van der Waals surface area contributed by atoms with Crippen LogP contribution in [0.25, 0.3) is 10.9 Å². The van der Waals surface area contributed by atoms with E-state index < -0.39 is 0 Å². The molecule has 2 heterocycles. The maximum Gasteiger partial charge on any atom is 0.407 e. The van der Waals surface area contributed by atoms with Gasteiger partial charge in [-0.05, 0) is 39.2 Å². The Morgan fingerprint density at radius 2 is 2.21 bits per heavy atom. The zero-order valence-electron chi connectivity index (χ0n) is 16.4. The monoisotopic (exact) mass is 382 g/mol. The van der Waals surface area contributed by atoms with Crippen LogP contribution in [0.1, 0.15) is 44.7 Å². The fourth-order valence-corrected chi connectivity index (χ4v) is 3.83. The molecule has 0 unspecified atom stereocenters. The molecule has 0 radical (unpaired) electrons. The van der Waals surface area contributed by atoms with Gasteiger partial charge in [0.1, 0.15) is 6.10 Å². The number of carbonyl (C=O) groups is 1. The van der Waals surface area contributed by atoms with Crippen LogP contribution in [0.5, 0.6) is 0 Å². The molecule has 2 atom stereocenters. The number of fused-ring (bicyclic) bond motifs is 1. The largest absolute Gasteiger partial charge is 0.446 e. The summed E-state index contributed by atoms with van der Waals surface area (Å²) < 4.78 is 7.37. The van der Waals surface area contributed by atoms with Crippen LogP contribution in [-0.4, -0.2) is 38.2 Å². The second-order valence-electron chi connectivity index (χ2n) is 7.68. The first-order valence-corrected chi connectivity index (χ1v) is 9.70. The van der Waals surface area contributed by atoms with Gasteiger partial charge in [0.2, 0.25) is 0 Å². The van der Waals surface area contributed by atoms with Crippen LogP contribution in [0.2, 0.25) is 0 Å². The van der Waals surface area contributed by atoms with Crippen LogP contribution in [0.4, 0.5) is 16.3 Å². The fourth-order valence-electron chi connectivity index (χ4n) is 3.83. The molecule has 1 aliphatic carbocycles. The molecule has 0 spiro atoms. The summed E-state index contributed by atoms with van der Waals surface area (Å²) in [4.78, 5) is 11.8. The molecular formula is C20H26N6O2. The number of H-pyrrole nitrogens is 1. The Morgan fingerprint density at radius 1 is 1.36 bits per heavy atom. The Balaban J connectivity index is 1.41. The van der Waals surface area contributed by atoms with E-state index in [9.17, 15) is 4.79 Å². The van der Waals surface area contributed by atoms with Crippen LogP contribution in [0, 0.1) is 0 Å². The summed E-state index contributed by atoms with van der Waals surface area (Å²) in [5.74, 6) is 1.08. The van der Waals surface area contributed by atoms with Gasteiger partial charge in [-0.15, -0.1) is 0 Å². The molecule has 0 bridgehead atoms. The third-order valence-corrected chi connectivity index (χ3v) is 5.13. The van der Waals surface area contributed by atoms with Crippen molar-refractivity contribution >= 4 is 28.5 Å². The van der Waals surface area contributed by atoms with Gasteiger partial charge in [0.05, 0.1) is 17.4 Å². The number of hydrogen-bond acceptors (Lipinski definition) is 5. The Labute approximate surface area is 163 Å². The minimum atomic E-state index is -0.336. The maximum absolute atomic E-state index is 11.8. The average Bonchev–Trinajstić information content (AvgIpc) is 3.35. The third-order valence-electron chi connectivity index (χ3n) is 5.13. The molecule has 3 N–H and O–H groups in total. The highest BCUT2D eigenvalue weighted by atomic mass is 16.6. The molecule has 148 valence electrons. The van der Waals surface area contributed by atoms with Gasteiger partial charge in [0.25, 0.3) is 0 Å². The van der Waals surface area contributed by atoms with Gasteiger partial charge in [0.15, 0.2) is 5.82 Å². The number of nitrogens with one attached hydrogen (secondary N) is 3. The van der Waals surface area contributed by atoms with Gasteiger partial charge in [-0.3, -0.25) is 9.78 Å². The first kappa shape index (κ1) is 18.3. The fraction of sp³-hybridized carbons (Fsp3) is 0.450. The van der Waals surface area contributed by atoms with E-state index in [2.05, 4.69) is 25.9 Å². The van der Waals surface area contributed by atoms with Crippen molar-refractivity contribution in [2.75, 3.05) is 5.32 Å². The van der Waals surface area contributed by atoms with Crippen LogP contribution in [-0.2, 0) is 11.8 Å². The summed E-state index contributed by atoms with van der Waals surface area (Å²) >= 11 is 0. The Hall–Kier alpha value is -3.03. The second kappa shape index (κ2) is 7.53. The molecule has 1 aliphatic rings. The van der Waals surface area contributed by atoms with Crippen LogP contribution in [0.3, 0.4) is 0 Å². The first-order valence-electron chi connectivity index (χ1n) is 9.70. The lowest BCUT2D eigenvalue weighted by atomic mass is 10.0. The van der Waals surface area contributed by atoms with E-state index in [1.807, 2.05) is 56.0 Å². The number of hydrogen-bond donors (Lipinski definition) is 3. The van der Waals surface area contributed by atoms with E-state index in [1.165, 1.54) is 0 Å². The number of nitrogens with zero attached hydrogens (tertiary/aromatic N) is 3. The number of aryl methyl sites for hydroxylation is 1. The van der Waals surface area contributed by atoms with Crippen molar-refractivity contribution in [3.05, 3.63) is 36.2 Å². The third kappa shape index (κ3) is 3.81. The minimum Gasteiger partial charge on any atom is -0.446 e. The van der Waals surface area contributed by atoms with Crippen LogP contribution < -0.4 is 10.6 Å². The lowest BCUT2D eigenvalue weighted by molar-refractivity contribution is 0.0981. The summed E-state index contributed by atoms with van der Waals surface area (Å²) in [5, 5.41) is 19.1. The zero-order valence-corrected chi connectivity index (χ0v) is 16.4. The molecule has 1 saturated carbocycles. The lowest BCUT2D eigenvalue weighted by Gasteiger charge is -2.14. The number of aromatic nitrogens is 4. The normalized spacial score (nSPS) is 19.3. The van der Waals surface area contributed by atoms with Gasteiger partial charge in [-0.1, -0.05) is 12.1 Å². The molecule has 0 aliphatic heterocycles. The number of carbonyl (C=O) groups excluding carboxylic acids is 1. The van der Waals surface area contributed by atoms with Gasteiger partial charge in [-0.25, -0.2) is 4.79 Å². The average molecular weight is 382 g/mol. The highest BCUT2D eigenvalue weighted by Crippen LogP contribution is 2.36. The van der Waals surface area contributed by atoms with Crippen molar-refractivity contribution in [3.63, 3.8) is 0 Å². The molecule has 2 aromatic heterocycles. The molecule has 0 saturated heterocycles. The summed E-state index contributed by atoms with van der Waals surface area (Å²) in [5.41, 5.74) is 3.07. The highest BCUT2D eigenvalue weighted by Gasteiger charge is 2.30. The van der Waals surface area contributed by atoms with Crippen molar-refractivity contribution in [1.82, 2.24) is 25.3 Å². The van der Waals surface area contributed by atoms with Gasteiger partial charge < -0.3 is 15.4 Å². The Morgan fingerprint density at radius 3 is 3.04 bits per heavy atom. The summed E-state index contributed by atoms with van der Waals surface area (Å²) in [6.07, 6.45) is 4.11. The van der Waals surface area contributed by atoms with Crippen LogP contribution in [0.15, 0.2) is 30.5 Å². The van der Waals surface area contributed by atoms with Crippen molar-refractivity contribution in [1.29, 1.82) is 0 Å². The van der Waals surface area contributed by atoms with E-state index in [1.54, 1.807) is 0 Å². The standard InChI is InChI=1S/C20H26N6O2/c1-12(2)22-20(27)28-15-8-7-13(9-15)17-10-18(25-24-17)23-16-6-4-5-14-11-21-26(3)19(14)16/h4-6,10-13,15H,7-9H2,1-3H3,(H,22,27)(H2,23,24,25)/t13-,15+/m0/s1. The number of benzene rings is 1. The zero-order chi connectivity index (χ0) is 19.7. The minimum absolute atomic E-state index is 0.0494. The number of para-hydroxylation sites is 1. The quantitative estimate of drug-likeness (QED) is 0.623. The van der Waals surface area contributed by atoms with E-state index in [4.69, 9.17) is 4.74 Å². The van der Waals surface area contributed by atoms with Gasteiger partial charge in [-0.2, -0.15) is 10.2 Å². The predicted octanol–water partition coefficient (Wildman–Crippen LogP) is 3.81. The summed E-state index contributed by atoms with van der Waals surface area (Å²) in [6.45, 7) is 3.84. The summed E-state index contributed by atoms with van der Waals surface area (Å²) in [7, 11) is 1.93. The second-order valence-corrected chi connectivity index (χ2v) is 7.68. The highest BCUT2D eigenvalue weighted by molar-refractivity contribution is 5.92. The van der Waals surface area contributed by atoms with E-state index in [0.29, 0.717) is 5.92 Å². The molecule has 3 aromatic rings. The van der Waals surface area contributed by atoms with Crippen molar-refractivity contribution in [2.24, 2.45) is 7.05 Å². The first-order chi connectivity index (χ1) is 13.5. The molecule has 1 amide bonds. The van der Waals surface area contributed by atoms with E-state index in [-0.39, 0.29) is 18.2 Å². The Bertz CT molecular complexity index is 976. The Kier molecular flexibility index (Phi) is 4.93. The molecule has 1 fully saturated rings. The lowest BCUT2D eigenvalue weighted by Crippen LogP contribution is -2.33. The van der Waals surface area contributed by atoms with Crippen molar-refractivity contribution in [3.8, 4) is 0 Å². The van der Waals surface area contributed by atoms with Gasteiger partial charge in [0, 0.05) is 36.2 Å². The number of aromatic amines is 1. The van der Waals surface area contributed by atoms with Crippen LogP contribution >= 0.6 is 0 Å². The number of ether oxygens (including phenoxy) is 1. The SMILES string of the molecule is CC(C)NC(=O)O[C@@H]1CC[C@H](c2cc(Nc3cccc4cnn(C)c34)n[nH]2)C1. The maximum atomic E-state index is 11.8. The van der Waals surface area contributed by atoms with E-state index >= 15 is 0 Å². The van der Waals surface area contributed by atoms with Crippen molar-refractivity contribution < 1.29 is 9.53 Å². The molecule has 8 heteroatoms.